The molecule has 0 aliphatic carbocycles. The number of nitrogens with two attached hydrogens (primary N) is 1. The van der Waals surface area contributed by atoms with E-state index in [2.05, 4.69) is 4.98 Å². The van der Waals surface area contributed by atoms with Gasteiger partial charge in [0.2, 0.25) is 11.5 Å². The van der Waals surface area contributed by atoms with Crippen LogP contribution in [0.4, 0.5) is 4.39 Å². The van der Waals surface area contributed by atoms with Crippen LogP contribution in [-0.4, -0.2) is 53.6 Å². The Morgan fingerprint density at radius 2 is 2.04 bits per heavy atom. The molecule has 1 aliphatic heterocycles. The summed E-state index contributed by atoms with van der Waals surface area (Å²) < 4.78 is 24.5. The maximum absolute atomic E-state index is 13.0. The highest BCUT2D eigenvalue weighted by atomic mass is 19.1. The molecular formula is C19H20FN3O5. The normalized spacial score (nSPS) is 19.2. The van der Waals surface area contributed by atoms with Crippen molar-refractivity contribution >= 4 is 11.8 Å². The molecule has 3 N–H and O–H groups in total. The summed E-state index contributed by atoms with van der Waals surface area (Å²) in [5.41, 5.74) is 4.08. The van der Waals surface area contributed by atoms with Gasteiger partial charge in [0.25, 0.3) is 5.91 Å². The molecule has 3 rings (SSSR count). The zero-order valence-corrected chi connectivity index (χ0v) is 15.0. The van der Waals surface area contributed by atoms with Gasteiger partial charge < -0.3 is 25.1 Å². The number of aromatic amines is 1. The number of carbonyl (C=O) groups excluding carboxylic acids is 2. The van der Waals surface area contributed by atoms with Gasteiger partial charge in [-0.3, -0.25) is 14.4 Å². The molecule has 2 aromatic rings. The average molecular weight is 389 g/mol. The van der Waals surface area contributed by atoms with Crippen LogP contribution in [0.25, 0.3) is 0 Å². The number of hydrogen-bond acceptors (Lipinski definition) is 5. The van der Waals surface area contributed by atoms with Crippen LogP contribution in [0, 0.1) is 5.82 Å². The Hall–Kier alpha value is -3.20. The van der Waals surface area contributed by atoms with Gasteiger partial charge in [-0.25, -0.2) is 4.39 Å². The number of morpholine rings is 1. The summed E-state index contributed by atoms with van der Waals surface area (Å²) in [5, 5.41) is 0. The average Bonchev–Trinajstić information content (AvgIpc) is 2.67. The van der Waals surface area contributed by atoms with Gasteiger partial charge in [-0.2, -0.15) is 0 Å². The van der Waals surface area contributed by atoms with Gasteiger partial charge in [-0.05, 0) is 30.3 Å². The number of primary amides is 1. The highest BCUT2D eigenvalue weighted by molar-refractivity contribution is 5.94. The van der Waals surface area contributed by atoms with Crippen molar-refractivity contribution in [3.8, 4) is 5.75 Å². The summed E-state index contributed by atoms with van der Waals surface area (Å²) in [6.45, 7) is 0.473. The fraction of sp³-hybridized carbons (Fsp3) is 0.316. The molecule has 148 valence electrons. The summed E-state index contributed by atoms with van der Waals surface area (Å²) in [5.74, 6) is -0.965. The van der Waals surface area contributed by atoms with Crippen molar-refractivity contribution in [2.45, 2.75) is 12.0 Å². The molecule has 0 radical (unpaired) electrons. The molecule has 0 spiro atoms. The lowest BCUT2D eigenvalue weighted by Crippen LogP contribution is -2.58. The minimum Gasteiger partial charge on any atom is -0.490 e. The third kappa shape index (κ3) is 4.74. The van der Waals surface area contributed by atoms with Crippen molar-refractivity contribution in [2.75, 3.05) is 26.3 Å². The van der Waals surface area contributed by atoms with E-state index < -0.39 is 17.3 Å². The number of carbonyl (C=O) groups is 2. The molecule has 1 atom stereocenters. The third-order valence-electron chi connectivity index (χ3n) is 4.37. The second-order valence-corrected chi connectivity index (χ2v) is 6.59. The second kappa shape index (κ2) is 8.22. The summed E-state index contributed by atoms with van der Waals surface area (Å²) in [4.78, 5) is 39.8. The Kier molecular flexibility index (Phi) is 5.74. The number of aromatic nitrogens is 1. The minimum atomic E-state index is -1.14. The van der Waals surface area contributed by atoms with Crippen LogP contribution in [0.1, 0.15) is 16.8 Å². The number of H-pyrrole nitrogens is 1. The van der Waals surface area contributed by atoms with Crippen LogP contribution in [-0.2, 0) is 9.53 Å². The molecule has 2 heterocycles. The Morgan fingerprint density at radius 1 is 1.29 bits per heavy atom. The van der Waals surface area contributed by atoms with Crippen LogP contribution >= 0.6 is 0 Å². The Morgan fingerprint density at radius 3 is 2.71 bits per heavy atom. The molecule has 2 amide bonds. The molecule has 1 aromatic carbocycles. The molecule has 1 saturated heterocycles. The van der Waals surface area contributed by atoms with Crippen molar-refractivity contribution in [3.05, 3.63) is 64.3 Å². The largest absolute Gasteiger partial charge is 0.490 e. The van der Waals surface area contributed by atoms with Crippen LogP contribution in [0.3, 0.4) is 0 Å². The standard InChI is InChI=1S/C19H20FN3O5/c20-14-1-3-15(4-2-14)27-12-19(10-16(21)24)11-23(7-8-28-19)18(26)13-5-6-22-17(25)9-13/h1-6,9H,7-8,10-12H2,(H2,21,24)(H,22,25)/t19-/m1/s1. The number of nitrogens with zero attached hydrogens (tertiary/aromatic N) is 1. The molecule has 1 fully saturated rings. The molecule has 28 heavy (non-hydrogen) atoms. The van der Waals surface area contributed by atoms with Gasteiger partial charge in [-0.1, -0.05) is 0 Å². The van der Waals surface area contributed by atoms with Gasteiger partial charge in [0, 0.05) is 24.4 Å². The zero-order valence-electron chi connectivity index (χ0n) is 15.0. The molecule has 8 nitrogen and oxygen atoms in total. The van der Waals surface area contributed by atoms with Crippen LogP contribution in [0.5, 0.6) is 5.75 Å². The number of halogens is 1. The quantitative estimate of drug-likeness (QED) is 0.754. The van der Waals surface area contributed by atoms with E-state index in [9.17, 15) is 18.8 Å². The maximum Gasteiger partial charge on any atom is 0.254 e. The van der Waals surface area contributed by atoms with E-state index in [-0.39, 0.29) is 43.2 Å². The van der Waals surface area contributed by atoms with E-state index in [0.717, 1.165) is 0 Å². The number of hydrogen-bond donors (Lipinski definition) is 2. The Balaban J connectivity index is 1.77. The van der Waals surface area contributed by atoms with E-state index in [1.165, 1.54) is 47.5 Å². The number of pyridine rings is 1. The van der Waals surface area contributed by atoms with Crippen molar-refractivity contribution in [1.29, 1.82) is 0 Å². The topological polar surface area (TPSA) is 115 Å². The molecule has 9 heteroatoms. The van der Waals surface area contributed by atoms with Crippen molar-refractivity contribution in [2.24, 2.45) is 5.73 Å². The smallest absolute Gasteiger partial charge is 0.254 e. The van der Waals surface area contributed by atoms with E-state index in [4.69, 9.17) is 15.2 Å². The summed E-state index contributed by atoms with van der Waals surface area (Å²) in [6.07, 6.45) is 1.23. The number of amides is 2. The Labute approximate surface area is 160 Å². The molecule has 0 unspecified atom stereocenters. The number of ether oxygens (including phenoxy) is 2. The maximum atomic E-state index is 13.0. The zero-order chi connectivity index (χ0) is 20.1. The molecular weight excluding hydrogens is 369 g/mol. The SMILES string of the molecule is NC(=O)C[C@]1(COc2ccc(F)cc2)CN(C(=O)c2cc[nH]c(=O)c2)CCO1. The first-order valence-corrected chi connectivity index (χ1v) is 8.66. The number of nitrogens with one attached hydrogen (secondary N) is 1. The van der Waals surface area contributed by atoms with Crippen LogP contribution < -0.4 is 16.0 Å². The van der Waals surface area contributed by atoms with Crippen LogP contribution in [0.15, 0.2) is 47.4 Å². The predicted molar refractivity (Wildman–Crippen MR) is 97.4 cm³/mol. The van der Waals surface area contributed by atoms with Crippen molar-refractivity contribution in [1.82, 2.24) is 9.88 Å². The van der Waals surface area contributed by atoms with Crippen molar-refractivity contribution < 1.29 is 23.5 Å². The molecule has 0 bridgehead atoms. The van der Waals surface area contributed by atoms with E-state index in [1.807, 2.05) is 0 Å². The first-order chi connectivity index (χ1) is 13.4. The van der Waals surface area contributed by atoms with Gasteiger partial charge in [0.1, 0.15) is 23.8 Å². The minimum absolute atomic E-state index is 0.0548. The first kappa shape index (κ1) is 19.6. The third-order valence-corrected chi connectivity index (χ3v) is 4.37. The lowest BCUT2D eigenvalue weighted by molar-refractivity contribution is -0.142. The van der Waals surface area contributed by atoms with E-state index in [1.54, 1.807) is 0 Å². The van der Waals surface area contributed by atoms with E-state index in [0.29, 0.717) is 12.3 Å². The number of rotatable bonds is 6. The summed E-state index contributed by atoms with van der Waals surface area (Å²) in [6, 6.07) is 8.12. The van der Waals surface area contributed by atoms with E-state index >= 15 is 0 Å². The highest BCUT2D eigenvalue weighted by Gasteiger charge is 2.41. The van der Waals surface area contributed by atoms with Gasteiger partial charge in [0.05, 0.1) is 19.6 Å². The summed E-state index contributed by atoms with van der Waals surface area (Å²) in [7, 11) is 0. The first-order valence-electron chi connectivity index (χ1n) is 8.66. The monoisotopic (exact) mass is 389 g/mol. The highest BCUT2D eigenvalue weighted by Crippen LogP contribution is 2.25. The molecule has 1 aromatic heterocycles. The summed E-state index contributed by atoms with van der Waals surface area (Å²) >= 11 is 0. The lowest BCUT2D eigenvalue weighted by Gasteiger charge is -2.41. The second-order valence-electron chi connectivity index (χ2n) is 6.59. The van der Waals surface area contributed by atoms with Gasteiger partial charge in [0.15, 0.2) is 0 Å². The van der Waals surface area contributed by atoms with Crippen molar-refractivity contribution in [3.63, 3.8) is 0 Å². The lowest BCUT2D eigenvalue weighted by atomic mass is 9.97. The van der Waals surface area contributed by atoms with Gasteiger partial charge >= 0.3 is 0 Å². The molecule has 1 aliphatic rings. The fourth-order valence-electron chi connectivity index (χ4n) is 3.09. The Bertz CT molecular complexity index is 914. The molecule has 0 saturated carbocycles. The van der Waals surface area contributed by atoms with Crippen LogP contribution in [0.2, 0.25) is 0 Å². The predicted octanol–water partition coefficient (Wildman–Crippen LogP) is 0.680. The number of benzene rings is 1. The fourth-order valence-corrected chi connectivity index (χ4v) is 3.09. The van der Waals surface area contributed by atoms with Gasteiger partial charge in [-0.15, -0.1) is 0 Å².